The van der Waals surface area contributed by atoms with Crippen molar-refractivity contribution in [3.63, 3.8) is 0 Å². The zero-order valence-electron chi connectivity index (χ0n) is 14.0. The highest BCUT2D eigenvalue weighted by Gasteiger charge is 1.96. The number of hydrogen-bond acceptors (Lipinski definition) is 2. The minimum absolute atomic E-state index is 0.164. The smallest absolute Gasteiger partial charge is 0.217 e. The molecule has 0 heterocycles. The molecule has 0 aromatic heterocycles. The van der Waals surface area contributed by atoms with Crippen molar-refractivity contribution in [2.45, 2.75) is 103 Å². The summed E-state index contributed by atoms with van der Waals surface area (Å²) in [5.74, 6) is -0.164. The molecule has 0 aliphatic rings. The molecule has 3 nitrogen and oxygen atoms in total. The van der Waals surface area contributed by atoms with Gasteiger partial charge in [-0.15, -0.1) is 0 Å². The van der Waals surface area contributed by atoms with Gasteiger partial charge in [-0.3, -0.25) is 4.79 Å². The van der Waals surface area contributed by atoms with Gasteiger partial charge in [0.25, 0.3) is 0 Å². The van der Waals surface area contributed by atoms with E-state index in [0.717, 1.165) is 19.3 Å². The minimum atomic E-state index is -0.164. The van der Waals surface area contributed by atoms with Gasteiger partial charge in [0, 0.05) is 13.0 Å². The molecule has 0 aliphatic carbocycles. The van der Waals surface area contributed by atoms with Crippen LogP contribution >= 0.6 is 0 Å². The van der Waals surface area contributed by atoms with Gasteiger partial charge in [-0.2, -0.15) is 0 Å². The van der Waals surface area contributed by atoms with Crippen LogP contribution in [0.3, 0.4) is 0 Å². The topological polar surface area (TPSA) is 63.3 Å². The van der Waals surface area contributed by atoms with Crippen LogP contribution in [-0.2, 0) is 4.79 Å². The number of aliphatic hydroxyl groups excluding tert-OH is 1. The van der Waals surface area contributed by atoms with Crippen LogP contribution in [0.2, 0.25) is 0 Å². The molecule has 0 bridgehead atoms. The number of unbranched alkanes of at least 4 members (excludes halogenated alkanes) is 14. The number of primary amides is 1. The summed E-state index contributed by atoms with van der Waals surface area (Å²) < 4.78 is 0. The van der Waals surface area contributed by atoms with E-state index in [-0.39, 0.29) is 5.91 Å². The number of carbonyl (C=O) groups is 1. The van der Waals surface area contributed by atoms with Crippen LogP contribution < -0.4 is 5.73 Å². The van der Waals surface area contributed by atoms with E-state index in [1.807, 2.05) is 0 Å². The molecule has 3 heteroatoms. The summed E-state index contributed by atoms with van der Waals surface area (Å²) >= 11 is 0. The lowest BCUT2D eigenvalue weighted by Gasteiger charge is -2.03. The molecule has 0 aliphatic heterocycles. The third-order valence-corrected chi connectivity index (χ3v) is 4.08. The average molecular weight is 299 g/mol. The van der Waals surface area contributed by atoms with Gasteiger partial charge >= 0.3 is 0 Å². The molecule has 0 aromatic carbocycles. The fourth-order valence-corrected chi connectivity index (χ4v) is 2.71. The quantitative estimate of drug-likeness (QED) is 0.382. The molecular weight excluding hydrogens is 262 g/mol. The second-order valence-electron chi connectivity index (χ2n) is 6.24. The molecule has 1 amide bonds. The maximum absolute atomic E-state index is 10.6. The van der Waals surface area contributed by atoms with E-state index in [4.69, 9.17) is 10.8 Å². The average Bonchev–Trinajstić information content (AvgIpc) is 2.46. The standard InChI is InChI=1S/C18H37NO2/c19-18(21)16-14-12-10-8-6-4-2-1-3-5-7-9-11-13-15-17-20/h20H,1-17H2,(H2,19,21). The monoisotopic (exact) mass is 299 g/mol. The summed E-state index contributed by atoms with van der Waals surface area (Å²) in [5, 5.41) is 8.67. The lowest BCUT2D eigenvalue weighted by Crippen LogP contribution is -2.09. The molecule has 126 valence electrons. The fraction of sp³-hybridized carbons (Fsp3) is 0.944. The van der Waals surface area contributed by atoms with Crippen LogP contribution in [-0.4, -0.2) is 17.6 Å². The summed E-state index contributed by atoms with van der Waals surface area (Å²) in [6, 6.07) is 0. The van der Waals surface area contributed by atoms with E-state index < -0.39 is 0 Å². The Morgan fingerprint density at radius 1 is 0.571 bits per heavy atom. The van der Waals surface area contributed by atoms with Gasteiger partial charge in [-0.1, -0.05) is 83.5 Å². The predicted octanol–water partition coefficient (Wildman–Crippen LogP) is 4.71. The Bertz CT molecular complexity index is 219. The van der Waals surface area contributed by atoms with Crippen molar-refractivity contribution in [1.29, 1.82) is 0 Å². The first-order valence-corrected chi connectivity index (χ1v) is 9.16. The molecule has 0 rings (SSSR count). The highest BCUT2D eigenvalue weighted by molar-refractivity contribution is 5.73. The Kier molecular flexibility index (Phi) is 17.0. The van der Waals surface area contributed by atoms with Crippen molar-refractivity contribution in [3.05, 3.63) is 0 Å². The molecule has 0 saturated heterocycles. The maximum atomic E-state index is 10.6. The number of hydrogen-bond donors (Lipinski definition) is 2. The van der Waals surface area contributed by atoms with Gasteiger partial charge in [-0.05, 0) is 12.8 Å². The highest BCUT2D eigenvalue weighted by atomic mass is 16.2. The number of rotatable bonds is 17. The number of amides is 1. The third-order valence-electron chi connectivity index (χ3n) is 4.08. The zero-order chi connectivity index (χ0) is 15.6. The first-order valence-electron chi connectivity index (χ1n) is 9.16. The minimum Gasteiger partial charge on any atom is -0.396 e. The maximum Gasteiger partial charge on any atom is 0.217 e. The van der Waals surface area contributed by atoms with Crippen molar-refractivity contribution in [3.8, 4) is 0 Å². The Hall–Kier alpha value is -0.570. The third kappa shape index (κ3) is 19.4. The Morgan fingerprint density at radius 2 is 0.857 bits per heavy atom. The SMILES string of the molecule is NC(=O)CCCCCCCCCCCCCCCCCO. The lowest BCUT2D eigenvalue weighted by atomic mass is 10.0. The van der Waals surface area contributed by atoms with Gasteiger partial charge in [0.2, 0.25) is 5.91 Å². The van der Waals surface area contributed by atoms with E-state index in [1.165, 1.54) is 77.0 Å². The van der Waals surface area contributed by atoms with Crippen molar-refractivity contribution < 1.29 is 9.90 Å². The van der Waals surface area contributed by atoms with E-state index >= 15 is 0 Å². The van der Waals surface area contributed by atoms with Gasteiger partial charge in [-0.25, -0.2) is 0 Å². The first kappa shape index (κ1) is 20.4. The summed E-state index contributed by atoms with van der Waals surface area (Å²) in [5.41, 5.74) is 5.10. The number of carbonyl (C=O) groups excluding carboxylic acids is 1. The van der Waals surface area contributed by atoms with Gasteiger partial charge in [0.05, 0.1) is 0 Å². The largest absolute Gasteiger partial charge is 0.396 e. The second kappa shape index (κ2) is 17.5. The molecule has 0 unspecified atom stereocenters. The molecule has 0 aromatic rings. The zero-order valence-corrected chi connectivity index (χ0v) is 14.0. The van der Waals surface area contributed by atoms with Crippen molar-refractivity contribution in [2.75, 3.05) is 6.61 Å². The molecule has 0 atom stereocenters. The van der Waals surface area contributed by atoms with E-state index in [1.54, 1.807) is 0 Å². The molecule has 21 heavy (non-hydrogen) atoms. The van der Waals surface area contributed by atoms with Gasteiger partial charge in [0.1, 0.15) is 0 Å². The summed E-state index contributed by atoms with van der Waals surface area (Å²) in [6.45, 7) is 0.352. The Morgan fingerprint density at radius 3 is 1.14 bits per heavy atom. The van der Waals surface area contributed by atoms with Crippen LogP contribution in [0, 0.1) is 0 Å². The van der Waals surface area contributed by atoms with Crippen molar-refractivity contribution in [2.24, 2.45) is 5.73 Å². The summed E-state index contributed by atoms with van der Waals surface area (Å²) in [4.78, 5) is 10.6. The van der Waals surface area contributed by atoms with Gasteiger partial charge < -0.3 is 10.8 Å². The van der Waals surface area contributed by atoms with Crippen LogP contribution in [0.1, 0.15) is 103 Å². The first-order chi connectivity index (χ1) is 10.3. The highest BCUT2D eigenvalue weighted by Crippen LogP contribution is 2.13. The van der Waals surface area contributed by atoms with Crippen LogP contribution in [0.25, 0.3) is 0 Å². The van der Waals surface area contributed by atoms with Crippen molar-refractivity contribution in [1.82, 2.24) is 0 Å². The molecular formula is C18H37NO2. The van der Waals surface area contributed by atoms with Crippen molar-refractivity contribution >= 4 is 5.91 Å². The molecule has 0 saturated carbocycles. The van der Waals surface area contributed by atoms with E-state index in [0.29, 0.717) is 13.0 Å². The van der Waals surface area contributed by atoms with Gasteiger partial charge in [0.15, 0.2) is 0 Å². The summed E-state index contributed by atoms with van der Waals surface area (Å²) in [7, 11) is 0. The number of nitrogens with two attached hydrogens (primary N) is 1. The van der Waals surface area contributed by atoms with Crippen LogP contribution in [0.15, 0.2) is 0 Å². The molecule has 0 fully saturated rings. The van der Waals surface area contributed by atoms with Crippen LogP contribution in [0.4, 0.5) is 0 Å². The molecule has 3 N–H and O–H groups in total. The Labute approximate surface area is 131 Å². The lowest BCUT2D eigenvalue weighted by molar-refractivity contribution is -0.118. The predicted molar refractivity (Wildman–Crippen MR) is 90.2 cm³/mol. The fourth-order valence-electron chi connectivity index (χ4n) is 2.71. The van der Waals surface area contributed by atoms with E-state index in [2.05, 4.69) is 0 Å². The molecule has 0 spiro atoms. The second-order valence-corrected chi connectivity index (χ2v) is 6.24. The summed E-state index contributed by atoms with van der Waals surface area (Å²) in [6.07, 6.45) is 19.6. The van der Waals surface area contributed by atoms with Crippen LogP contribution in [0.5, 0.6) is 0 Å². The number of aliphatic hydroxyl groups is 1. The normalized spacial score (nSPS) is 10.9. The Balaban J connectivity index is 2.95. The van der Waals surface area contributed by atoms with E-state index in [9.17, 15) is 4.79 Å². The molecule has 0 radical (unpaired) electrons.